The molecule has 1 fully saturated rings. The van der Waals surface area contributed by atoms with Crippen molar-refractivity contribution >= 4 is 27.8 Å². The van der Waals surface area contributed by atoms with Gasteiger partial charge >= 0.3 is 0 Å². The number of amides is 1. The fourth-order valence-electron chi connectivity index (χ4n) is 3.35. The largest absolute Gasteiger partial charge is 0.378 e. The van der Waals surface area contributed by atoms with Crippen molar-refractivity contribution in [1.29, 1.82) is 0 Å². The van der Waals surface area contributed by atoms with Gasteiger partial charge in [0.05, 0.1) is 29.8 Å². The molecule has 0 atom stereocenters. The minimum absolute atomic E-state index is 0.0232. The van der Waals surface area contributed by atoms with Gasteiger partial charge in [0.15, 0.2) is 5.82 Å². The lowest BCUT2D eigenvalue weighted by Gasteiger charge is -2.26. The zero-order valence-electron chi connectivity index (χ0n) is 14.0. The Kier molecular flexibility index (Phi) is 3.46. The standard InChI is InChI=1S/C19H17N5O2/c25-19(24-7-9-26-10-8-24)12-5-6-13-16(11-12)22-23-17(13)18-20-14-3-1-2-4-15(14)21-18/h1-6,11H,7-10H2,(H,20,21)(H,22,23). The first-order valence-corrected chi connectivity index (χ1v) is 8.60. The maximum absolute atomic E-state index is 12.7. The Morgan fingerprint density at radius 2 is 1.92 bits per heavy atom. The van der Waals surface area contributed by atoms with Crippen LogP contribution in [0, 0.1) is 0 Å². The van der Waals surface area contributed by atoms with Crippen molar-refractivity contribution in [3.05, 3.63) is 48.0 Å². The molecule has 3 heterocycles. The van der Waals surface area contributed by atoms with Gasteiger partial charge in [-0.15, -0.1) is 0 Å². The third-order valence-electron chi connectivity index (χ3n) is 4.72. The number of benzene rings is 2. The molecule has 0 radical (unpaired) electrons. The molecule has 130 valence electrons. The zero-order chi connectivity index (χ0) is 17.5. The number of nitrogens with zero attached hydrogens (tertiary/aromatic N) is 3. The number of carbonyl (C=O) groups is 1. The smallest absolute Gasteiger partial charge is 0.254 e. The quantitative estimate of drug-likeness (QED) is 0.583. The summed E-state index contributed by atoms with van der Waals surface area (Å²) in [7, 11) is 0. The van der Waals surface area contributed by atoms with E-state index in [4.69, 9.17) is 4.74 Å². The van der Waals surface area contributed by atoms with Crippen molar-refractivity contribution in [2.24, 2.45) is 0 Å². The van der Waals surface area contributed by atoms with Gasteiger partial charge in [0.25, 0.3) is 5.91 Å². The number of morpholine rings is 1. The van der Waals surface area contributed by atoms with Crippen molar-refractivity contribution in [2.45, 2.75) is 0 Å². The van der Waals surface area contributed by atoms with E-state index in [0.29, 0.717) is 37.7 Å². The normalized spacial score (nSPS) is 15.0. The number of imidazole rings is 1. The lowest BCUT2D eigenvalue weighted by atomic mass is 10.1. The van der Waals surface area contributed by atoms with E-state index in [-0.39, 0.29) is 5.91 Å². The van der Waals surface area contributed by atoms with Gasteiger partial charge in [0, 0.05) is 24.0 Å². The molecule has 0 bridgehead atoms. The van der Waals surface area contributed by atoms with Crippen LogP contribution in [0.2, 0.25) is 0 Å². The number of fused-ring (bicyclic) bond motifs is 2. The summed E-state index contributed by atoms with van der Waals surface area (Å²) in [5.41, 5.74) is 4.09. The predicted molar refractivity (Wildman–Crippen MR) is 97.9 cm³/mol. The summed E-state index contributed by atoms with van der Waals surface area (Å²) >= 11 is 0. The monoisotopic (exact) mass is 347 g/mol. The van der Waals surface area contributed by atoms with Crippen molar-refractivity contribution in [1.82, 2.24) is 25.1 Å². The first kappa shape index (κ1) is 15.1. The van der Waals surface area contributed by atoms with Gasteiger partial charge in [0.1, 0.15) is 5.69 Å². The zero-order valence-corrected chi connectivity index (χ0v) is 14.0. The van der Waals surface area contributed by atoms with E-state index < -0.39 is 0 Å². The molecule has 7 heteroatoms. The molecule has 1 saturated heterocycles. The summed E-state index contributed by atoms with van der Waals surface area (Å²) in [6.45, 7) is 2.44. The second kappa shape index (κ2) is 5.96. The molecule has 2 N–H and O–H groups in total. The SMILES string of the molecule is O=C(c1ccc2c(-c3nc4ccccc4[nH]3)n[nH]c2c1)N1CCOCC1. The summed E-state index contributed by atoms with van der Waals surface area (Å²) in [5, 5.41) is 8.37. The Morgan fingerprint density at radius 1 is 1.08 bits per heavy atom. The predicted octanol–water partition coefficient (Wildman–Crippen LogP) is 2.58. The van der Waals surface area contributed by atoms with Gasteiger partial charge in [0.2, 0.25) is 0 Å². The maximum atomic E-state index is 12.7. The second-order valence-corrected chi connectivity index (χ2v) is 6.34. The van der Waals surface area contributed by atoms with Gasteiger partial charge in [-0.3, -0.25) is 9.89 Å². The number of para-hydroxylation sites is 2. The Bertz CT molecular complexity index is 1070. The number of hydrogen-bond donors (Lipinski definition) is 2. The van der Waals surface area contributed by atoms with Crippen LogP contribution in [-0.2, 0) is 4.74 Å². The second-order valence-electron chi connectivity index (χ2n) is 6.34. The highest BCUT2D eigenvalue weighted by Crippen LogP contribution is 2.27. The Hall–Kier alpha value is -3.19. The molecular weight excluding hydrogens is 330 g/mol. The van der Waals surface area contributed by atoms with Crippen LogP contribution in [0.25, 0.3) is 33.5 Å². The molecule has 4 aromatic rings. The molecular formula is C19H17N5O2. The summed E-state index contributed by atoms with van der Waals surface area (Å²) in [4.78, 5) is 22.4. The first-order chi connectivity index (χ1) is 12.8. The molecule has 5 rings (SSSR count). The van der Waals surface area contributed by atoms with Crippen LogP contribution in [0.5, 0.6) is 0 Å². The fraction of sp³-hybridized carbons (Fsp3) is 0.211. The fourth-order valence-corrected chi connectivity index (χ4v) is 3.35. The highest BCUT2D eigenvalue weighted by molar-refractivity contribution is 6.00. The number of aromatic amines is 2. The number of aromatic nitrogens is 4. The average molecular weight is 347 g/mol. The van der Waals surface area contributed by atoms with E-state index in [1.807, 2.05) is 47.4 Å². The van der Waals surface area contributed by atoms with Crippen LogP contribution in [0.1, 0.15) is 10.4 Å². The van der Waals surface area contributed by atoms with E-state index in [2.05, 4.69) is 20.2 Å². The van der Waals surface area contributed by atoms with Crippen LogP contribution < -0.4 is 0 Å². The third kappa shape index (κ3) is 2.44. The lowest BCUT2D eigenvalue weighted by molar-refractivity contribution is 0.0303. The van der Waals surface area contributed by atoms with Gasteiger partial charge < -0.3 is 14.6 Å². The Labute approximate surface area is 149 Å². The molecule has 0 aliphatic carbocycles. The van der Waals surface area contributed by atoms with Gasteiger partial charge in [-0.05, 0) is 30.3 Å². The topological polar surface area (TPSA) is 86.9 Å². The molecule has 2 aromatic carbocycles. The van der Waals surface area contributed by atoms with E-state index in [1.165, 1.54) is 0 Å². The van der Waals surface area contributed by atoms with Gasteiger partial charge in [-0.2, -0.15) is 5.10 Å². The summed E-state index contributed by atoms with van der Waals surface area (Å²) < 4.78 is 5.31. The molecule has 0 unspecified atom stereocenters. The van der Waals surface area contributed by atoms with E-state index >= 15 is 0 Å². The highest BCUT2D eigenvalue weighted by atomic mass is 16.5. The number of H-pyrrole nitrogens is 2. The number of nitrogens with one attached hydrogen (secondary N) is 2. The number of ether oxygens (including phenoxy) is 1. The third-order valence-corrected chi connectivity index (χ3v) is 4.72. The van der Waals surface area contributed by atoms with E-state index in [0.717, 1.165) is 27.6 Å². The summed E-state index contributed by atoms with van der Waals surface area (Å²) in [6, 6.07) is 13.5. The maximum Gasteiger partial charge on any atom is 0.254 e. The summed E-state index contributed by atoms with van der Waals surface area (Å²) in [5.74, 6) is 0.736. The molecule has 2 aromatic heterocycles. The number of hydrogen-bond acceptors (Lipinski definition) is 4. The Balaban J connectivity index is 1.52. The van der Waals surface area contributed by atoms with Crippen LogP contribution in [0.15, 0.2) is 42.5 Å². The number of rotatable bonds is 2. The van der Waals surface area contributed by atoms with Crippen LogP contribution >= 0.6 is 0 Å². The van der Waals surface area contributed by atoms with Crippen LogP contribution in [0.4, 0.5) is 0 Å². The van der Waals surface area contributed by atoms with Gasteiger partial charge in [-0.1, -0.05) is 12.1 Å². The number of carbonyl (C=O) groups excluding carboxylic acids is 1. The average Bonchev–Trinajstić information content (AvgIpc) is 3.31. The van der Waals surface area contributed by atoms with Gasteiger partial charge in [-0.25, -0.2) is 4.98 Å². The molecule has 0 spiro atoms. The minimum Gasteiger partial charge on any atom is -0.378 e. The van der Waals surface area contributed by atoms with Crippen LogP contribution in [0.3, 0.4) is 0 Å². The van der Waals surface area contributed by atoms with E-state index in [9.17, 15) is 4.79 Å². The van der Waals surface area contributed by atoms with Crippen molar-refractivity contribution in [3.63, 3.8) is 0 Å². The van der Waals surface area contributed by atoms with Crippen molar-refractivity contribution < 1.29 is 9.53 Å². The first-order valence-electron chi connectivity index (χ1n) is 8.60. The molecule has 1 amide bonds. The molecule has 1 aliphatic heterocycles. The van der Waals surface area contributed by atoms with Crippen molar-refractivity contribution in [2.75, 3.05) is 26.3 Å². The Morgan fingerprint density at radius 3 is 2.77 bits per heavy atom. The molecule has 26 heavy (non-hydrogen) atoms. The highest BCUT2D eigenvalue weighted by Gasteiger charge is 2.20. The van der Waals surface area contributed by atoms with Crippen LogP contribution in [-0.4, -0.2) is 57.3 Å². The minimum atomic E-state index is 0.0232. The summed E-state index contributed by atoms with van der Waals surface area (Å²) in [6.07, 6.45) is 0. The molecule has 7 nitrogen and oxygen atoms in total. The molecule has 1 aliphatic rings. The van der Waals surface area contributed by atoms with E-state index in [1.54, 1.807) is 0 Å². The lowest BCUT2D eigenvalue weighted by Crippen LogP contribution is -2.40. The molecule has 0 saturated carbocycles. The van der Waals surface area contributed by atoms with Crippen molar-refractivity contribution in [3.8, 4) is 11.5 Å².